The van der Waals surface area contributed by atoms with Crippen LogP contribution in [0, 0.1) is 5.92 Å². The summed E-state index contributed by atoms with van der Waals surface area (Å²) in [5.41, 5.74) is 2.12. The van der Waals surface area contributed by atoms with Crippen LogP contribution in [0.3, 0.4) is 0 Å². The van der Waals surface area contributed by atoms with Gasteiger partial charge in [-0.15, -0.1) is 0 Å². The third-order valence-corrected chi connectivity index (χ3v) is 6.50. The predicted molar refractivity (Wildman–Crippen MR) is 115 cm³/mol. The summed E-state index contributed by atoms with van der Waals surface area (Å²) < 4.78 is 0. The van der Waals surface area contributed by atoms with Crippen LogP contribution in [0.1, 0.15) is 51.0 Å². The van der Waals surface area contributed by atoms with Gasteiger partial charge in [-0.3, -0.25) is 14.5 Å². The van der Waals surface area contributed by atoms with Gasteiger partial charge < -0.3 is 15.6 Å². The second-order valence-corrected chi connectivity index (χ2v) is 8.58. The molecule has 1 saturated heterocycles. The van der Waals surface area contributed by atoms with E-state index in [0.29, 0.717) is 25.3 Å². The van der Waals surface area contributed by atoms with Gasteiger partial charge in [0.25, 0.3) is 5.91 Å². The lowest BCUT2D eigenvalue weighted by molar-refractivity contribution is -0.127. The zero-order valence-corrected chi connectivity index (χ0v) is 17.4. The lowest BCUT2D eigenvalue weighted by Gasteiger charge is -2.29. The molecule has 2 aliphatic rings. The van der Waals surface area contributed by atoms with Crippen molar-refractivity contribution >= 4 is 28.7 Å². The number of hydrogen-bond acceptors (Lipinski definition) is 3. The van der Waals surface area contributed by atoms with E-state index >= 15 is 0 Å². The predicted octanol–water partition coefficient (Wildman–Crippen LogP) is 3.11. The average molecular weight is 411 g/mol. The van der Waals surface area contributed by atoms with Crippen LogP contribution >= 0.6 is 0 Å². The number of benzene rings is 1. The summed E-state index contributed by atoms with van der Waals surface area (Å²) in [5, 5.41) is 6.96. The number of carbonyl (C=O) groups excluding carboxylic acids is 3. The van der Waals surface area contributed by atoms with Crippen molar-refractivity contribution in [1.82, 2.24) is 20.5 Å². The third-order valence-electron chi connectivity index (χ3n) is 6.50. The van der Waals surface area contributed by atoms with Crippen molar-refractivity contribution in [3.8, 4) is 0 Å². The summed E-state index contributed by atoms with van der Waals surface area (Å²) in [5.74, 6) is 0.224. The number of aromatic amines is 1. The summed E-state index contributed by atoms with van der Waals surface area (Å²) in [6.07, 6.45) is 7.65. The van der Waals surface area contributed by atoms with E-state index in [9.17, 15) is 14.4 Å². The van der Waals surface area contributed by atoms with Gasteiger partial charge in [-0.2, -0.15) is 0 Å². The third kappa shape index (κ3) is 4.35. The Morgan fingerprint density at radius 2 is 2.00 bits per heavy atom. The van der Waals surface area contributed by atoms with Crippen molar-refractivity contribution in [3.05, 3.63) is 36.0 Å². The molecule has 4 amide bonds. The van der Waals surface area contributed by atoms with Crippen LogP contribution in [0.15, 0.2) is 30.5 Å². The van der Waals surface area contributed by atoms with Gasteiger partial charge >= 0.3 is 6.03 Å². The molecule has 1 aromatic heterocycles. The van der Waals surface area contributed by atoms with Crippen molar-refractivity contribution < 1.29 is 14.4 Å². The number of hydrogen-bond donors (Lipinski definition) is 3. The number of para-hydroxylation sites is 1. The van der Waals surface area contributed by atoms with Crippen molar-refractivity contribution in [2.24, 2.45) is 5.92 Å². The number of aromatic nitrogens is 1. The van der Waals surface area contributed by atoms with Gasteiger partial charge in [0.15, 0.2) is 0 Å². The smallest absolute Gasteiger partial charge is 0.324 e. The molecule has 1 aliphatic heterocycles. The van der Waals surface area contributed by atoms with Crippen molar-refractivity contribution in [1.29, 1.82) is 0 Å². The molecule has 0 radical (unpaired) electrons. The summed E-state index contributed by atoms with van der Waals surface area (Å²) in [4.78, 5) is 41.8. The van der Waals surface area contributed by atoms with E-state index in [1.807, 2.05) is 30.5 Å². The Kier molecular flexibility index (Phi) is 6.06. The molecule has 0 spiro atoms. The molecule has 0 bridgehead atoms. The Balaban J connectivity index is 1.27. The monoisotopic (exact) mass is 410 g/mol. The van der Waals surface area contributed by atoms with Gasteiger partial charge in [0.2, 0.25) is 5.91 Å². The summed E-state index contributed by atoms with van der Waals surface area (Å²) in [6.45, 7) is 2.51. The highest BCUT2D eigenvalue weighted by Crippen LogP contribution is 2.24. The number of nitrogens with zero attached hydrogens (tertiary/aromatic N) is 1. The standard InChI is InChI=1S/C23H30N4O3/c1-15-6-2-4-8-18(15)25-21(28)11-10-20-22(29)27(23(30)26-20)13-12-16-14-24-19-9-5-3-7-17(16)19/h3,5,7,9,14-15,18,20,24H,2,4,6,8,10-13H2,1H3,(H,25,28)(H,26,30)/t15-,18-,20+/m0/s1. The summed E-state index contributed by atoms with van der Waals surface area (Å²) in [7, 11) is 0. The Morgan fingerprint density at radius 1 is 1.20 bits per heavy atom. The van der Waals surface area contributed by atoms with E-state index in [2.05, 4.69) is 22.5 Å². The van der Waals surface area contributed by atoms with E-state index in [-0.39, 0.29) is 30.3 Å². The molecule has 0 unspecified atom stereocenters. The van der Waals surface area contributed by atoms with Crippen LogP contribution in [0.4, 0.5) is 4.79 Å². The number of nitrogens with one attached hydrogen (secondary N) is 3. The van der Waals surface area contributed by atoms with Gasteiger partial charge in [0.1, 0.15) is 6.04 Å². The highest BCUT2D eigenvalue weighted by atomic mass is 16.2. The van der Waals surface area contributed by atoms with Crippen molar-refractivity contribution in [3.63, 3.8) is 0 Å². The first-order valence-electron chi connectivity index (χ1n) is 11.0. The van der Waals surface area contributed by atoms with E-state index < -0.39 is 6.04 Å². The van der Waals surface area contributed by atoms with Gasteiger partial charge in [-0.25, -0.2) is 4.79 Å². The van der Waals surface area contributed by atoms with Crippen LogP contribution in [-0.4, -0.2) is 46.4 Å². The number of amides is 4. The zero-order valence-electron chi connectivity index (χ0n) is 17.4. The molecule has 1 aliphatic carbocycles. The quantitative estimate of drug-likeness (QED) is 0.612. The fourth-order valence-corrected chi connectivity index (χ4v) is 4.64. The molecular weight excluding hydrogens is 380 g/mol. The molecule has 4 rings (SSSR count). The maximum Gasteiger partial charge on any atom is 0.324 e. The molecule has 2 fully saturated rings. The summed E-state index contributed by atoms with van der Waals surface area (Å²) >= 11 is 0. The minimum Gasteiger partial charge on any atom is -0.361 e. The average Bonchev–Trinajstić information content (AvgIpc) is 3.27. The fourth-order valence-electron chi connectivity index (χ4n) is 4.64. The molecule has 3 atom stereocenters. The first-order valence-corrected chi connectivity index (χ1v) is 11.0. The second kappa shape index (κ2) is 8.90. The van der Waals surface area contributed by atoms with Crippen LogP contribution in [0.25, 0.3) is 10.9 Å². The normalized spacial score (nSPS) is 24.3. The Hall–Kier alpha value is -2.83. The Bertz CT molecular complexity index is 937. The van der Waals surface area contributed by atoms with Gasteiger partial charge in [0, 0.05) is 36.1 Å². The lowest BCUT2D eigenvalue weighted by atomic mass is 9.86. The lowest BCUT2D eigenvalue weighted by Crippen LogP contribution is -2.41. The number of imide groups is 1. The van der Waals surface area contributed by atoms with E-state index in [0.717, 1.165) is 35.7 Å². The maximum atomic E-state index is 12.7. The molecule has 160 valence electrons. The zero-order chi connectivity index (χ0) is 21.1. The number of H-pyrrole nitrogens is 1. The molecule has 2 heterocycles. The first-order chi connectivity index (χ1) is 14.5. The number of carbonyl (C=O) groups is 3. The molecule has 30 heavy (non-hydrogen) atoms. The molecule has 1 aromatic carbocycles. The van der Waals surface area contributed by atoms with Gasteiger partial charge in [-0.1, -0.05) is 38.0 Å². The highest BCUT2D eigenvalue weighted by Gasteiger charge is 2.37. The van der Waals surface area contributed by atoms with Crippen LogP contribution in [-0.2, 0) is 16.0 Å². The summed E-state index contributed by atoms with van der Waals surface area (Å²) in [6, 6.07) is 7.22. The van der Waals surface area contributed by atoms with Crippen LogP contribution in [0.2, 0.25) is 0 Å². The fraction of sp³-hybridized carbons (Fsp3) is 0.522. The number of fused-ring (bicyclic) bond motifs is 1. The van der Waals surface area contributed by atoms with Gasteiger partial charge in [0.05, 0.1) is 0 Å². The molecule has 7 heteroatoms. The first kappa shape index (κ1) is 20.4. The molecule has 7 nitrogen and oxygen atoms in total. The molecule has 2 aromatic rings. The second-order valence-electron chi connectivity index (χ2n) is 8.58. The Morgan fingerprint density at radius 3 is 2.83 bits per heavy atom. The topological polar surface area (TPSA) is 94.3 Å². The maximum absolute atomic E-state index is 12.7. The van der Waals surface area contributed by atoms with Crippen LogP contribution in [0.5, 0.6) is 0 Å². The van der Waals surface area contributed by atoms with E-state index in [1.165, 1.54) is 11.3 Å². The van der Waals surface area contributed by atoms with Crippen LogP contribution < -0.4 is 10.6 Å². The SMILES string of the molecule is C[C@H]1CCCC[C@@H]1NC(=O)CC[C@H]1NC(=O)N(CCc2c[nH]c3ccccc23)C1=O. The number of rotatable bonds is 7. The largest absolute Gasteiger partial charge is 0.361 e. The van der Waals surface area contributed by atoms with E-state index in [4.69, 9.17) is 0 Å². The van der Waals surface area contributed by atoms with Crippen molar-refractivity contribution in [2.45, 2.75) is 64.0 Å². The van der Waals surface area contributed by atoms with E-state index in [1.54, 1.807) is 0 Å². The molecule has 3 N–H and O–H groups in total. The Labute approximate surface area is 176 Å². The highest BCUT2D eigenvalue weighted by molar-refractivity contribution is 6.04. The minimum atomic E-state index is -0.616. The van der Waals surface area contributed by atoms with Gasteiger partial charge in [-0.05, 0) is 43.2 Å². The molecular formula is C23H30N4O3. The molecule has 1 saturated carbocycles. The minimum absolute atomic E-state index is 0.0342. The van der Waals surface area contributed by atoms with Crippen molar-refractivity contribution in [2.75, 3.05) is 6.54 Å². The number of urea groups is 1.